The van der Waals surface area contributed by atoms with Crippen LogP contribution in [0.2, 0.25) is 0 Å². The van der Waals surface area contributed by atoms with Crippen molar-refractivity contribution in [2.75, 3.05) is 20.2 Å². The molecule has 0 fully saturated rings. The van der Waals surface area contributed by atoms with Gasteiger partial charge in [0.05, 0.1) is 12.3 Å². The average molecular weight is 460 g/mol. The van der Waals surface area contributed by atoms with Crippen molar-refractivity contribution in [2.45, 2.75) is 31.7 Å². The normalized spacial score (nSPS) is 14.2. The van der Waals surface area contributed by atoms with Crippen LogP contribution in [0.15, 0.2) is 48.5 Å². The molecule has 1 aliphatic carbocycles. The van der Waals surface area contributed by atoms with Gasteiger partial charge in [-0.15, -0.1) is 0 Å². The number of fused-ring (bicyclic) bond motifs is 3. The molecule has 2 aromatic rings. The average Bonchev–Trinajstić information content (AvgIpc) is 3.10. The minimum absolute atomic E-state index is 0.0419. The van der Waals surface area contributed by atoms with E-state index >= 15 is 0 Å². The first kappa shape index (κ1) is 24.2. The summed E-state index contributed by atoms with van der Waals surface area (Å²) in [5, 5.41) is 11.0. The number of ether oxygens (including phenoxy) is 1. The van der Waals surface area contributed by atoms with E-state index < -0.39 is 42.8 Å². The Morgan fingerprint density at radius 1 is 1.06 bits per heavy atom. The number of hydrogen-bond donors (Lipinski definition) is 2. The maximum atomic E-state index is 13.5. The van der Waals surface area contributed by atoms with Gasteiger partial charge >= 0.3 is 12.1 Å². The lowest BCUT2D eigenvalue weighted by atomic mass is 9.98. The molecule has 176 valence electrons. The van der Waals surface area contributed by atoms with E-state index in [4.69, 9.17) is 9.84 Å². The maximum Gasteiger partial charge on any atom is 0.407 e. The molecule has 33 heavy (non-hydrogen) atoms. The molecule has 7 nitrogen and oxygen atoms in total. The molecular weight excluding hydrogens is 434 g/mol. The Balaban J connectivity index is 1.60. The molecule has 0 radical (unpaired) electrons. The van der Waals surface area contributed by atoms with E-state index in [-0.39, 0.29) is 19.1 Å². The molecule has 9 heteroatoms. The molecule has 0 saturated heterocycles. The van der Waals surface area contributed by atoms with Gasteiger partial charge in [0.15, 0.2) is 0 Å². The highest BCUT2D eigenvalue weighted by molar-refractivity contribution is 5.80. The van der Waals surface area contributed by atoms with Crippen LogP contribution < -0.4 is 5.32 Å². The predicted molar refractivity (Wildman–Crippen MR) is 117 cm³/mol. The van der Waals surface area contributed by atoms with Gasteiger partial charge in [0.2, 0.25) is 5.91 Å². The second-order valence-electron chi connectivity index (χ2n) is 8.13. The number of carboxylic acids is 1. The van der Waals surface area contributed by atoms with E-state index in [0.717, 1.165) is 27.2 Å². The monoisotopic (exact) mass is 460 g/mol. The van der Waals surface area contributed by atoms with Gasteiger partial charge in [0.1, 0.15) is 12.6 Å². The van der Waals surface area contributed by atoms with Crippen molar-refractivity contribution >= 4 is 18.0 Å². The Bertz CT molecular complexity index is 984. The van der Waals surface area contributed by atoms with Gasteiger partial charge in [-0.25, -0.2) is 13.6 Å². The summed E-state index contributed by atoms with van der Waals surface area (Å²) in [5.74, 6) is -2.87. The highest BCUT2D eigenvalue weighted by Gasteiger charge is 2.31. The smallest absolute Gasteiger partial charge is 0.407 e. The number of amides is 2. The third-order valence-corrected chi connectivity index (χ3v) is 5.74. The first-order chi connectivity index (χ1) is 15.7. The van der Waals surface area contributed by atoms with Crippen LogP contribution in [0, 0.1) is 5.92 Å². The summed E-state index contributed by atoms with van der Waals surface area (Å²) < 4.78 is 32.2. The summed E-state index contributed by atoms with van der Waals surface area (Å²) in [5.41, 5.74) is 4.05. The van der Waals surface area contributed by atoms with E-state index in [9.17, 15) is 23.2 Å². The number of carbonyl (C=O) groups is 3. The van der Waals surface area contributed by atoms with Gasteiger partial charge in [-0.3, -0.25) is 9.59 Å². The van der Waals surface area contributed by atoms with E-state index in [1.54, 1.807) is 0 Å². The molecule has 0 saturated carbocycles. The van der Waals surface area contributed by atoms with Crippen LogP contribution in [-0.2, 0) is 14.3 Å². The van der Waals surface area contributed by atoms with Crippen LogP contribution in [-0.4, -0.2) is 60.6 Å². The summed E-state index contributed by atoms with van der Waals surface area (Å²) in [7, 11) is 1.33. The molecule has 0 heterocycles. The molecule has 1 aliphatic rings. The fraction of sp³-hybridized carbons (Fsp3) is 0.375. The lowest BCUT2D eigenvalue weighted by Gasteiger charge is -2.23. The molecule has 3 rings (SSSR count). The number of rotatable bonds is 9. The molecule has 2 amide bonds. The number of carboxylic acid groups (broad SMARTS) is 1. The molecule has 0 aliphatic heterocycles. The molecule has 2 unspecified atom stereocenters. The van der Waals surface area contributed by atoms with Crippen LogP contribution in [0.4, 0.5) is 13.6 Å². The van der Waals surface area contributed by atoms with Crippen LogP contribution in [0.25, 0.3) is 11.1 Å². The van der Waals surface area contributed by atoms with E-state index in [1.807, 2.05) is 48.5 Å². The fourth-order valence-electron chi connectivity index (χ4n) is 3.93. The number of alkyl halides is 2. The quantitative estimate of drug-likeness (QED) is 0.595. The van der Waals surface area contributed by atoms with Crippen molar-refractivity contribution in [3.63, 3.8) is 0 Å². The first-order valence-electron chi connectivity index (χ1n) is 10.6. The Kier molecular flexibility index (Phi) is 7.63. The predicted octanol–water partition coefficient (Wildman–Crippen LogP) is 3.73. The van der Waals surface area contributed by atoms with Crippen LogP contribution >= 0.6 is 0 Å². The highest BCUT2D eigenvalue weighted by Crippen LogP contribution is 2.44. The zero-order chi connectivity index (χ0) is 24.1. The van der Waals surface area contributed by atoms with E-state index in [1.165, 1.54) is 14.0 Å². The lowest BCUT2D eigenvalue weighted by molar-refractivity contribution is -0.142. The third-order valence-electron chi connectivity index (χ3n) is 5.74. The zero-order valence-electron chi connectivity index (χ0n) is 18.3. The second-order valence-corrected chi connectivity index (χ2v) is 8.13. The molecular formula is C24H26F2N2O5. The fourth-order valence-corrected chi connectivity index (χ4v) is 3.93. The van der Waals surface area contributed by atoms with Crippen molar-refractivity contribution in [3.8, 4) is 11.1 Å². The highest BCUT2D eigenvalue weighted by atomic mass is 19.3. The topological polar surface area (TPSA) is 95.9 Å². The third kappa shape index (κ3) is 5.66. The van der Waals surface area contributed by atoms with Crippen LogP contribution in [0.3, 0.4) is 0 Å². The first-order valence-corrected chi connectivity index (χ1v) is 10.6. The summed E-state index contributed by atoms with van der Waals surface area (Å²) in [6.07, 6.45) is -4.72. The molecule has 0 bridgehead atoms. The van der Waals surface area contributed by atoms with Gasteiger partial charge in [-0.1, -0.05) is 55.5 Å². The number of alkyl carbamates (subject to hydrolysis) is 1. The summed E-state index contributed by atoms with van der Waals surface area (Å²) in [6.45, 7) is 1.24. The minimum atomic E-state index is -3.00. The standard InChI is InChI=1S/C24H26F2N2O5/c1-14(23(30)31)12-28(2)21(29)11-20(22(25)26)27-24(32)33-13-19-17-9-5-3-7-15(17)16-8-4-6-10-18(16)19/h3-10,14,19-20,22H,11-13H2,1-2H3,(H,27,32)(H,30,31). The lowest BCUT2D eigenvalue weighted by Crippen LogP contribution is -2.45. The molecule has 0 spiro atoms. The Labute approximate surface area is 190 Å². The number of nitrogens with zero attached hydrogens (tertiary/aromatic N) is 1. The Morgan fingerprint density at radius 3 is 2.12 bits per heavy atom. The van der Waals surface area contributed by atoms with Gasteiger partial charge < -0.3 is 20.1 Å². The number of hydrogen-bond acceptors (Lipinski definition) is 4. The van der Waals surface area contributed by atoms with Crippen molar-refractivity contribution in [2.24, 2.45) is 5.92 Å². The minimum Gasteiger partial charge on any atom is -0.481 e. The van der Waals surface area contributed by atoms with Gasteiger partial charge in [0.25, 0.3) is 6.43 Å². The Morgan fingerprint density at radius 2 is 1.61 bits per heavy atom. The van der Waals surface area contributed by atoms with Crippen molar-refractivity contribution < 1.29 is 33.0 Å². The largest absolute Gasteiger partial charge is 0.481 e. The van der Waals surface area contributed by atoms with E-state index in [0.29, 0.717) is 0 Å². The molecule has 0 aromatic heterocycles. The van der Waals surface area contributed by atoms with Crippen molar-refractivity contribution in [3.05, 3.63) is 59.7 Å². The Hall–Kier alpha value is -3.49. The molecule has 2 N–H and O–H groups in total. The second kappa shape index (κ2) is 10.4. The van der Waals surface area contributed by atoms with Crippen LogP contribution in [0.1, 0.15) is 30.4 Å². The van der Waals surface area contributed by atoms with Gasteiger partial charge in [0, 0.05) is 19.5 Å². The maximum absolute atomic E-state index is 13.5. The summed E-state index contributed by atoms with van der Waals surface area (Å²) >= 11 is 0. The number of nitrogens with one attached hydrogen (secondary N) is 1. The zero-order valence-corrected chi connectivity index (χ0v) is 18.3. The van der Waals surface area contributed by atoms with Crippen molar-refractivity contribution in [1.82, 2.24) is 10.2 Å². The van der Waals surface area contributed by atoms with Gasteiger partial charge in [-0.05, 0) is 22.3 Å². The number of benzene rings is 2. The summed E-state index contributed by atoms with van der Waals surface area (Å²) in [6, 6.07) is 13.7. The number of carbonyl (C=O) groups excluding carboxylic acids is 2. The van der Waals surface area contributed by atoms with E-state index in [2.05, 4.69) is 5.32 Å². The SMILES string of the molecule is CC(CN(C)C(=O)CC(NC(=O)OCC1c2ccccc2-c2ccccc21)C(F)F)C(=O)O. The van der Waals surface area contributed by atoms with Gasteiger partial charge in [-0.2, -0.15) is 0 Å². The summed E-state index contributed by atoms with van der Waals surface area (Å²) in [4.78, 5) is 36.5. The number of aliphatic carboxylic acids is 1. The molecule has 2 aromatic carbocycles. The molecule has 2 atom stereocenters. The van der Waals surface area contributed by atoms with Crippen molar-refractivity contribution in [1.29, 1.82) is 0 Å². The number of halogens is 2. The van der Waals surface area contributed by atoms with Crippen LogP contribution in [0.5, 0.6) is 0 Å².